The van der Waals surface area contributed by atoms with E-state index in [4.69, 9.17) is 49.4 Å². The number of likely N-dealkylation sites (N-methyl/N-ethyl adjacent to an activating group) is 1. The number of nitrogens with one attached hydrogen (secondary N) is 1. The molecule has 17 nitrogen and oxygen atoms in total. The number of halogens is 3. The van der Waals surface area contributed by atoms with Crippen molar-refractivity contribution in [3.8, 4) is 17.6 Å². The van der Waals surface area contributed by atoms with E-state index in [1.165, 1.54) is 12.1 Å². The van der Waals surface area contributed by atoms with Crippen LogP contribution >= 0.6 is 0 Å². The third-order valence-electron chi connectivity index (χ3n) is 10.8. The molecule has 5 N–H and O–H groups in total. The first-order valence-corrected chi connectivity index (χ1v) is 24.1. The fraction of sp³-hybridized carbons (Fsp3) is 0.519. The Morgan fingerprint density at radius 3 is 1.97 bits per heavy atom. The number of nitrogens with two attached hydrogens (primary N) is 2. The molecule has 0 aliphatic carbocycles. The minimum absolute atomic E-state index is 0.0695. The minimum Gasteiger partial charge on any atom is -0.496 e. The Bertz CT molecular complexity index is 2340. The van der Waals surface area contributed by atoms with E-state index < -0.39 is 17.6 Å². The van der Waals surface area contributed by atoms with Gasteiger partial charge >= 0.3 is 6.18 Å². The highest BCUT2D eigenvalue weighted by atomic mass is 19.4. The van der Waals surface area contributed by atoms with Crippen LogP contribution in [-0.4, -0.2) is 177 Å². The van der Waals surface area contributed by atoms with Crippen LogP contribution in [0.4, 0.5) is 18.9 Å². The van der Waals surface area contributed by atoms with Crippen LogP contribution in [0.3, 0.4) is 0 Å². The maximum atomic E-state index is 14.1. The number of piperazine rings is 1. The molecule has 0 atom stereocenters. The van der Waals surface area contributed by atoms with Crippen molar-refractivity contribution in [3.05, 3.63) is 106 Å². The largest absolute Gasteiger partial charge is 0.496 e. The van der Waals surface area contributed by atoms with E-state index in [1.54, 1.807) is 37.5 Å². The summed E-state index contributed by atoms with van der Waals surface area (Å²) in [4.78, 5) is 25.8. The summed E-state index contributed by atoms with van der Waals surface area (Å²) in [7, 11) is 3.75. The number of hydrogen-bond acceptors (Lipinski definition) is 15. The predicted molar refractivity (Wildman–Crippen MR) is 272 cm³/mol. The minimum atomic E-state index is -4.56. The molecule has 0 saturated carbocycles. The molecule has 1 aliphatic heterocycles. The third-order valence-corrected chi connectivity index (χ3v) is 10.8. The molecule has 1 amide bonds. The number of imidazole rings is 1. The van der Waals surface area contributed by atoms with Crippen LogP contribution in [0.15, 0.2) is 77.8 Å². The first-order chi connectivity index (χ1) is 34.8. The summed E-state index contributed by atoms with van der Waals surface area (Å²) in [5.41, 5.74) is 14.1. The highest BCUT2D eigenvalue weighted by molar-refractivity contribution is 6.04. The molecule has 1 fully saturated rings. The monoisotopic (exact) mass is 1010 g/mol. The lowest BCUT2D eigenvalue weighted by Crippen LogP contribution is -2.44. The second kappa shape index (κ2) is 33.3. The molecular formula is C52H73F3N8O9. The lowest BCUT2D eigenvalue weighted by Gasteiger charge is -2.33. The van der Waals surface area contributed by atoms with Gasteiger partial charge < -0.3 is 59.6 Å². The fourth-order valence-corrected chi connectivity index (χ4v) is 6.81. The molecule has 0 bridgehead atoms. The van der Waals surface area contributed by atoms with Crippen molar-refractivity contribution in [1.82, 2.24) is 19.2 Å². The summed E-state index contributed by atoms with van der Waals surface area (Å²) in [6.07, 6.45) is 0.789. The van der Waals surface area contributed by atoms with E-state index >= 15 is 0 Å². The number of rotatable bonds is 29. The molecule has 0 radical (unpaired) electrons. The molecule has 1 aliphatic rings. The molecule has 72 heavy (non-hydrogen) atoms. The molecular weight excluding hydrogens is 938 g/mol. The first-order valence-electron chi connectivity index (χ1n) is 24.1. The number of ether oxygens (including phenoxy) is 8. The van der Waals surface area contributed by atoms with E-state index in [9.17, 15) is 18.0 Å². The summed E-state index contributed by atoms with van der Waals surface area (Å²) in [6, 6.07) is 12.6. The Balaban J connectivity index is 0.000000475. The second-order valence-corrected chi connectivity index (χ2v) is 16.5. The van der Waals surface area contributed by atoms with Gasteiger partial charge in [0.2, 0.25) is 0 Å². The number of carbonyl (C=O) groups is 1. The normalized spacial score (nSPS) is 13.6. The van der Waals surface area contributed by atoms with Gasteiger partial charge in [0.25, 0.3) is 5.91 Å². The van der Waals surface area contributed by atoms with Gasteiger partial charge in [-0.2, -0.15) is 13.2 Å². The van der Waals surface area contributed by atoms with Crippen LogP contribution in [0.2, 0.25) is 0 Å². The molecule has 0 unspecified atom stereocenters. The van der Waals surface area contributed by atoms with Gasteiger partial charge in [-0.05, 0) is 81.3 Å². The molecule has 4 aromatic rings. The number of hydrogen-bond donors (Lipinski definition) is 3. The molecule has 2 aromatic heterocycles. The van der Waals surface area contributed by atoms with Gasteiger partial charge in [-0.15, -0.1) is 0 Å². The van der Waals surface area contributed by atoms with Gasteiger partial charge in [0.15, 0.2) is 0 Å². The number of carbonyl (C=O) groups excluding carboxylic acids is 1. The number of amides is 1. The van der Waals surface area contributed by atoms with Crippen LogP contribution in [0.25, 0.3) is 5.65 Å². The molecule has 0 spiro atoms. The van der Waals surface area contributed by atoms with Crippen LogP contribution in [0.1, 0.15) is 52.2 Å². The van der Waals surface area contributed by atoms with Gasteiger partial charge in [0.1, 0.15) is 30.3 Å². The SMILES string of the molecule is CN=C(C)/C=C(\C)OCCOCCOCCOCCN.Cc1ccc(C(=O)Nc2ccc(CN3CCN(C)CC3)c(C(F)(F)F)c2)cc1C#Cc1cnc2cc(OCCOCCOCCOCCN)ccn12. The lowest BCUT2D eigenvalue weighted by atomic mass is 10.0. The lowest BCUT2D eigenvalue weighted by molar-refractivity contribution is -0.138. The summed E-state index contributed by atoms with van der Waals surface area (Å²) >= 11 is 0. The molecule has 2 aromatic carbocycles. The van der Waals surface area contributed by atoms with E-state index in [1.807, 2.05) is 55.5 Å². The molecule has 5 rings (SSSR count). The third kappa shape index (κ3) is 22.5. The van der Waals surface area contributed by atoms with Crippen molar-refractivity contribution >= 4 is 23.0 Å². The quantitative estimate of drug-likeness (QED) is 0.0269. The number of aryl methyl sites for hydroxylation is 1. The Labute approximate surface area is 421 Å². The van der Waals surface area contributed by atoms with Crippen molar-refractivity contribution in [2.24, 2.45) is 16.5 Å². The van der Waals surface area contributed by atoms with Gasteiger partial charge in [-0.1, -0.05) is 18.1 Å². The number of anilines is 1. The average Bonchev–Trinajstić information content (AvgIpc) is 3.77. The Hall–Kier alpha value is -5.44. The summed E-state index contributed by atoms with van der Waals surface area (Å²) in [5, 5.41) is 2.64. The smallest absolute Gasteiger partial charge is 0.416 e. The maximum absolute atomic E-state index is 14.1. The molecule has 396 valence electrons. The van der Waals surface area contributed by atoms with Crippen molar-refractivity contribution in [1.29, 1.82) is 0 Å². The van der Waals surface area contributed by atoms with Crippen LogP contribution in [0, 0.1) is 18.8 Å². The highest BCUT2D eigenvalue weighted by Gasteiger charge is 2.34. The van der Waals surface area contributed by atoms with Gasteiger partial charge in [-0.3, -0.25) is 19.1 Å². The Morgan fingerprint density at radius 2 is 1.38 bits per heavy atom. The standard InChI is InChI=1S/C38H45F3N6O5.C14H28N2O4/c1-28-3-4-30(37(48)44-32-7-5-31(35(24-32)38(39,40)41)27-46-14-12-45(2)13-15-46)23-29(28)6-8-33-26-43-36-25-34(9-11-47(33)36)52-22-21-51-20-19-50-18-17-49-16-10-42;1-13(16-3)12-14(2)20-11-10-19-9-8-18-7-6-17-5-4-15/h3-5,7,9,11,23-26H,10,12-22,27,42H2,1-2H3,(H,44,48);12H,4-11,15H2,1-3H3/b;14-12+,16-13?. The Kier molecular flexibility index (Phi) is 27.4. The van der Waals surface area contributed by atoms with Gasteiger partial charge in [0, 0.05) is 87.7 Å². The van der Waals surface area contributed by atoms with E-state index in [2.05, 4.69) is 32.0 Å². The number of allylic oxidation sites excluding steroid dienone is 2. The van der Waals surface area contributed by atoms with Crippen molar-refractivity contribution in [2.45, 2.75) is 33.5 Å². The Morgan fingerprint density at radius 1 is 0.778 bits per heavy atom. The zero-order valence-electron chi connectivity index (χ0n) is 42.4. The zero-order chi connectivity index (χ0) is 52.0. The zero-order valence-corrected chi connectivity index (χ0v) is 42.4. The van der Waals surface area contributed by atoms with E-state index in [-0.39, 0.29) is 23.4 Å². The highest BCUT2D eigenvalue weighted by Crippen LogP contribution is 2.35. The first kappa shape index (κ1) is 59.1. The van der Waals surface area contributed by atoms with Gasteiger partial charge in [0.05, 0.1) is 96.8 Å². The summed E-state index contributed by atoms with van der Waals surface area (Å²) in [5.74, 6) is 7.17. The molecule has 20 heteroatoms. The maximum Gasteiger partial charge on any atom is 0.416 e. The average molecular weight is 1010 g/mol. The van der Waals surface area contributed by atoms with Crippen LogP contribution in [0.5, 0.6) is 5.75 Å². The number of aromatic nitrogens is 2. The van der Waals surface area contributed by atoms with Crippen molar-refractivity contribution < 1.29 is 55.9 Å². The van der Waals surface area contributed by atoms with E-state index in [0.717, 1.165) is 36.2 Å². The summed E-state index contributed by atoms with van der Waals surface area (Å²) < 4.78 is 87.4. The number of aliphatic imine (C=N–C) groups is 1. The molecule has 1 saturated heterocycles. The molecule has 3 heterocycles. The van der Waals surface area contributed by atoms with Gasteiger partial charge in [-0.25, -0.2) is 4.98 Å². The number of pyridine rings is 1. The van der Waals surface area contributed by atoms with Crippen LogP contribution in [-0.2, 0) is 45.9 Å². The number of nitrogens with zero attached hydrogens (tertiary/aromatic N) is 5. The number of fused-ring (bicyclic) bond motifs is 1. The van der Waals surface area contributed by atoms with Crippen LogP contribution < -0.4 is 21.5 Å². The number of benzene rings is 2. The second-order valence-electron chi connectivity index (χ2n) is 16.5. The van der Waals surface area contributed by atoms with E-state index in [0.29, 0.717) is 141 Å². The topological polar surface area (TPSA) is 191 Å². The number of alkyl halides is 3. The van der Waals surface area contributed by atoms with Crippen molar-refractivity contribution in [2.75, 3.05) is 151 Å². The van der Waals surface area contributed by atoms with Crippen molar-refractivity contribution in [3.63, 3.8) is 0 Å². The predicted octanol–water partition coefficient (Wildman–Crippen LogP) is 5.45. The summed E-state index contributed by atoms with van der Waals surface area (Å²) in [6.45, 7) is 17.0. The fourth-order valence-electron chi connectivity index (χ4n) is 6.81.